The number of carbonyl (C=O) groups is 1. The maximum absolute atomic E-state index is 12.2. The smallest absolute Gasteiger partial charge is 0.255 e. The molecule has 0 aliphatic rings. The highest BCUT2D eigenvalue weighted by Crippen LogP contribution is 2.13. The Labute approximate surface area is 116 Å². The summed E-state index contributed by atoms with van der Waals surface area (Å²) < 4.78 is 1.84. The summed E-state index contributed by atoms with van der Waals surface area (Å²) in [5.74, 6) is 0.643. The van der Waals surface area contributed by atoms with E-state index in [4.69, 9.17) is 0 Å². The number of nitrogens with zero attached hydrogens (tertiary/aromatic N) is 3. The number of aryl methyl sites for hydroxylation is 2. The van der Waals surface area contributed by atoms with Gasteiger partial charge in [-0.1, -0.05) is 12.1 Å². The van der Waals surface area contributed by atoms with Crippen LogP contribution in [0, 0.1) is 13.8 Å². The lowest BCUT2D eigenvalue weighted by Gasteiger charge is -2.06. The molecular formula is C15H14N4O. The summed E-state index contributed by atoms with van der Waals surface area (Å²) in [5.41, 5.74) is 3.12. The fraction of sp³-hybridized carbons (Fsp3) is 0.133. The molecule has 0 aliphatic heterocycles. The second-order valence-corrected chi connectivity index (χ2v) is 4.71. The minimum Gasteiger partial charge on any atom is -0.322 e. The van der Waals surface area contributed by atoms with Crippen LogP contribution in [0.4, 0.5) is 5.69 Å². The first-order chi connectivity index (χ1) is 9.63. The third-order valence-electron chi connectivity index (χ3n) is 3.12. The van der Waals surface area contributed by atoms with Gasteiger partial charge in [-0.3, -0.25) is 9.20 Å². The lowest BCUT2D eigenvalue weighted by atomic mass is 10.2. The zero-order valence-corrected chi connectivity index (χ0v) is 11.3. The topological polar surface area (TPSA) is 59.3 Å². The van der Waals surface area contributed by atoms with Crippen LogP contribution in [0.2, 0.25) is 0 Å². The van der Waals surface area contributed by atoms with Gasteiger partial charge >= 0.3 is 0 Å². The number of pyridine rings is 1. The molecule has 2 aromatic heterocycles. The first kappa shape index (κ1) is 12.3. The normalized spacial score (nSPS) is 10.7. The van der Waals surface area contributed by atoms with Gasteiger partial charge in [0.1, 0.15) is 5.82 Å². The van der Waals surface area contributed by atoms with Crippen LogP contribution in [0.1, 0.15) is 21.7 Å². The summed E-state index contributed by atoms with van der Waals surface area (Å²) in [4.78, 5) is 12.2. The SMILES string of the molecule is Cc1cccc(NC(=O)c2ccn3c(C)nnc3c2)c1. The number of aromatic nitrogens is 3. The molecule has 0 aliphatic carbocycles. The average molecular weight is 266 g/mol. The maximum atomic E-state index is 12.2. The van der Waals surface area contributed by atoms with Crippen LogP contribution in [0.3, 0.4) is 0 Å². The van der Waals surface area contributed by atoms with Crippen molar-refractivity contribution in [2.75, 3.05) is 5.32 Å². The van der Waals surface area contributed by atoms with E-state index >= 15 is 0 Å². The second-order valence-electron chi connectivity index (χ2n) is 4.71. The zero-order chi connectivity index (χ0) is 14.1. The van der Waals surface area contributed by atoms with Crippen LogP contribution in [0.25, 0.3) is 5.65 Å². The Morgan fingerprint density at radius 3 is 2.80 bits per heavy atom. The van der Waals surface area contributed by atoms with Crippen molar-refractivity contribution in [2.45, 2.75) is 13.8 Å². The van der Waals surface area contributed by atoms with Crippen molar-refractivity contribution in [3.05, 3.63) is 59.5 Å². The van der Waals surface area contributed by atoms with Crippen molar-refractivity contribution in [1.82, 2.24) is 14.6 Å². The number of hydrogen-bond acceptors (Lipinski definition) is 3. The highest BCUT2D eigenvalue weighted by Gasteiger charge is 2.09. The zero-order valence-electron chi connectivity index (χ0n) is 11.3. The van der Waals surface area contributed by atoms with E-state index in [0.717, 1.165) is 17.1 Å². The molecule has 0 saturated carbocycles. The highest BCUT2D eigenvalue weighted by atomic mass is 16.1. The van der Waals surface area contributed by atoms with Crippen molar-refractivity contribution in [3.8, 4) is 0 Å². The molecule has 3 rings (SSSR count). The Morgan fingerprint density at radius 2 is 2.00 bits per heavy atom. The Hall–Kier alpha value is -2.69. The number of carbonyl (C=O) groups excluding carboxylic acids is 1. The van der Waals surface area contributed by atoms with Crippen LogP contribution < -0.4 is 5.32 Å². The van der Waals surface area contributed by atoms with Gasteiger partial charge < -0.3 is 5.32 Å². The molecule has 1 amide bonds. The Kier molecular flexibility index (Phi) is 2.95. The first-order valence-corrected chi connectivity index (χ1v) is 6.33. The van der Waals surface area contributed by atoms with Crippen molar-refractivity contribution < 1.29 is 4.79 Å². The third kappa shape index (κ3) is 2.25. The number of hydrogen-bond donors (Lipinski definition) is 1. The van der Waals surface area contributed by atoms with Gasteiger partial charge in [-0.15, -0.1) is 10.2 Å². The van der Waals surface area contributed by atoms with Gasteiger partial charge in [-0.25, -0.2) is 0 Å². The molecule has 0 spiro atoms. The molecule has 5 nitrogen and oxygen atoms in total. The molecule has 1 N–H and O–H groups in total. The highest BCUT2D eigenvalue weighted by molar-refractivity contribution is 6.04. The predicted molar refractivity (Wildman–Crippen MR) is 76.9 cm³/mol. The van der Waals surface area contributed by atoms with E-state index in [1.54, 1.807) is 18.3 Å². The molecule has 0 unspecified atom stereocenters. The van der Waals surface area contributed by atoms with E-state index < -0.39 is 0 Å². The molecule has 0 fully saturated rings. The fourth-order valence-electron chi connectivity index (χ4n) is 2.08. The quantitative estimate of drug-likeness (QED) is 0.775. The third-order valence-corrected chi connectivity index (χ3v) is 3.12. The Bertz CT molecular complexity index is 791. The minimum atomic E-state index is -0.154. The Morgan fingerprint density at radius 1 is 1.15 bits per heavy atom. The number of fused-ring (bicyclic) bond motifs is 1. The van der Waals surface area contributed by atoms with Crippen LogP contribution in [0.5, 0.6) is 0 Å². The number of anilines is 1. The largest absolute Gasteiger partial charge is 0.322 e. The lowest BCUT2D eigenvalue weighted by molar-refractivity contribution is 0.102. The van der Waals surface area contributed by atoms with Crippen molar-refractivity contribution >= 4 is 17.2 Å². The van der Waals surface area contributed by atoms with Crippen molar-refractivity contribution in [2.24, 2.45) is 0 Å². The van der Waals surface area contributed by atoms with E-state index in [-0.39, 0.29) is 5.91 Å². The van der Waals surface area contributed by atoms with Crippen LogP contribution in [0.15, 0.2) is 42.6 Å². The molecule has 5 heteroatoms. The lowest BCUT2D eigenvalue weighted by Crippen LogP contribution is -2.12. The van der Waals surface area contributed by atoms with Crippen molar-refractivity contribution in [3.63, 3.8) is 0 Å². The van der Waals surface area contributed by atoms with Gasteiger partial charge in [0.2, 0.25) is 0 Å². The number of nitrogens with one attached hydrogen (secondary N) is 1. The average Bonchev–Trinajstić information content (AvgIpc) is 2.80. The van der Waals surface area contributed by atoms with Gasteiger partial charge in [-0.2, -0.15) is 0 Å². The first-order valence-electron chi connectivity index (χ1n) is 6.33. The molecule has 100 valence electrons. The second kappa shape index (κ2) is 4.77. The fourth-order valence-corrected chi connectivity index (χ4v) is 2.08. The maximum Gasteiger partial charge on any atom is 0.255 e. The molecule has 1 aromatic carbocycles. The molecule has 20 heavy (non-hydrogen) atoms. The van der Waals surface area contributed by atoms with E-state index in [9.17, 15) is 4.79 Å². The molecule has 3 aromatic rings. The Balaban J connectivity index is 1.88. The van der Waals surface area contributed by atoms with Gasteiger partial charge in [-0.05, 0) is 43.7 Å². The summed E-state index contributed by atoms with van der Waals surface area (Å²) in [6, 6.07) is 11.2. The molecule has 0 bridgehead atoms. The predicted octanol–water partition coefficient (Wildman–Crippen LogP) is 2.60. The molecule has 2 heterocycles. The number of rotatable bonds is 2. The summed E-state index contributed by atoms with van der Waals surface area (Å²) in [5, 5.41) is 10.9. The van der Waals surface area contributed by atoms with Gasteiger partial charge in [0, 0.05) is 17.4 Å². The van der Waals surface area contributed by atoms with Crippen LogP contribution in [-0.4, -0.2) is 20.5 Å². The standard InChI is InChI=1S/C15H14N4O/c1-10-4-3-5-13(8-10)16-15(20)12-6-7-19-11(2)17-18-14(19)9-12/h3-9H,1-2H3,(H,16,20). The molecular weight excluding hydrogens is 252 g/mol. The van der Waals surface area contributed by atoms with E-state index in [1.807, 2.05) is 42.5 Å². The number of amides is 1. The summed E-state index contributed by atoms with van der Waals surface area (Å²) >= 11 is 0. The van der Waals surface area contributed by atoms with Gasteiger partial charge in [0.15, 0.2) is 5.65 Å². The molecule has 0 radical (unpaired) electrons. The van der Waals surface area contributed by atoms with Crippen LogP contribution >= 0.6 is 0 Å². The van der Waals surface area contributed by atoms with Crippen molar-refractivity contribution in [1.29, 1.82) is 0 Å². The van der Waals surface area contributed by atoms with E-state index in [1.165, 1.54) is 0 Å². The minimum absolute atomic E-state index is 0.154. The number of benzene rings is 1. The van der Waals surface area contributed by atoms with Gasteiger partial charge in [0.25, 0.3) is 5.91 Å². The van der Waals surface area contributed by atoms with Crippen LogP contribution in [-0.2, 0) is 0 Å². The molecule has 0 atom stereocenters. The van der Waals surface area contributed by atoms with E-state index in [2.05, 4.69) is 15.5 Å². The summed E-state index contributed by atoms with van der Waals surface area (Å²) in [7, 11) is 0. The monoisotopic (exact) mass is 266 g/mol. The molecule has 0 saturated heterocycles. The summed E-state index contributed by atoms with van der Waals surface area (Å²) in [6.07, 6.45) is 1.80. The van der Waals surface area contributed by atoms with E-state index in [0.29, 0.717) is 11.2 Å². The van der Waals surface area contributed by atoms with Gasteiger partial charge in [0.05, 0.1) is 0 Å². The summed E-state index contributed by atoms with van der Waals surface area (Å²) in [6.45, 7) is 3.85.